The maximum absolute atomic E-state index is 13.7. The fraction of sp³-hybridized carbons (Fsp3) is 0.321. The molecule has 1 fully saturated rings. The van der Waals surface area contributed by atoms with Gasteiger partial charge in [-0.15, -0.1) is 6.58 Å². The lowest BCUT2D eigenvalue weighted by atomic mass is 9.96. The standard InChI is InChI=1S/C28H30F2N6OS/c1-3-12-36-18-33-24-26(36)31-17-32-27(24)38-28(19(2)37)35-15-13-34(14-16-35)25(20-4-8-22(29)9-5-20)21-6-10-23(30)11-7-21/h3-11,17-19,25,28,37H,1,12-16H2,2H3. The molecular formula is C28H30F2N6OS. The minimum absolute atomic E-state index is 0.133. The van der Waals surface area contributed by atoms with Gasteiger partial charge in [0.15, 0.2) is 5.65 Å². The minimum Gasteiger partial charge on any atom is -0.391 e. The number of fused-ring (bicyclic) bond motifs is 1. The third-order valence-electron chi connectivity index (χ3n) is 6.78. The Morgan fingerprint density at radius 1 is 0.921 bits per heavy atom. The van der Waals surface area contributed by atoms with E-state index >= 15 is 0 Å². The van der Waals surface area contributed by atoms with Crippen molar-refractivity contribution in [1.82, 2.24) is 29.3 Å². The third kappa shape index (κ3) is 5.63. The second-order valence-corrected chi connectivity index (χ2v) is 10.5. The predicted molar refractivity (Wildman–Crippen MR) is 145 cm³/mol. The van der Waals surface area contributed by atoms with Crippen LogP contribution in [0.3, 0.4) is 0 Å². The highest BCUT2D eigenvalue weighted by Gasteiger charge is 2.32. The molecule has 0 bridgehead atoms. The molecule has 2 aromatic heterocycles. The molecule has 1 N–H and O–H groups in total. The van der Waals surface area contributed by atoms with Crippen LogP contribution >= 0.6 is 11.8 Å². The van der Waals surface area contributed by atoms with Crippen molar-refractivity contribution in [3.8, 4) is 0 Å². The summed E-state index contributed by atoms with van der Waals surface area (Å²) in [6.07, 6.45) is 4.43. The smallest absolute Gasteiger partial charge is 0.164 e. The minimum atomic E-state index is -0.614. The molecule has 4 aromatic rings. The van der Waals surface area contributed by atoms with Gasteiger partial charge in [0.1, 0.15) is 28.5 Å². The Morgan fingerprint density at radius 3 is 2.05 bits per heavy atom. The summed E-state index contributed by atoms with van der Waals surface area (Å²) in [5.74, 6) is -0.581. The Balaban J connectivity index is 1.35. The first-order valence-corrected chi connectivity index (χ1v) is 13.4. The Hall–Kier alpha value is -3.18. The van der Waals surface area contributed by atoms with Crippen molar-refractivity contribution in [2.45, 2.75) is 36.0 Å². The zero-order valence-electron chi connectivity index (χ0n) is 21.1. The molecule has 1 saturated heterocycles. The molecule has 5 rings (SSSR count). The van der Waals surface area contributed by atoms with Crippen LogP contribution in [0.25, 0.3) is 11.2 Å². The molecule has 2 unspecified atom stereocenters. The maximum Gasteiger partial charge on any atom is 0.164 e. The summed E-state index contributed by atoms with van der Waals surface area (Å²) in [7, 11) is 0. The van der Waals surface area contributed by atoms with Gasteiger partial charge >= 0.3 is 0 Å². The molecule has 2 aromatic carbocycles. The second-order valence-electron chi connectivity index (χ2n) is 9.36. The lowest BCUT2D eigenvalue weighted by Gasteiger charge is -2.43. The number of aliphatic hydroxyl groups is 1. The summed E-state index contributed by atoms with van der Waals surface area (Å²) >= 11 is 1.49. The van der Waals surface area contributed by atoms with E-state index in [2.05, 4.69) is 31.3 Å². The monoisotopic (exact) mass is 536 g/mol. The van der Waals surface area contributed by atoms with E-state index in [9.17, 15) is 13.9 Å². The summed E-state index contributed by atoms with van der Waals surface area (Å²) in [6, 6.07) is 12.9. The Kier molecular flexibility index (Phi) is 8.13. The van der Waals surface area contributed by atoms with Crippen LogP contribution in [0.2, 0.25) is 0 Å². The number of thioether (sulfide) groups is 1. The largest absolute Gasteiger partial charge is 0.391 e. The summed E-state index contributed by atoms with van der Waals surface area (Å²) in [4.78, 5) is 18.0. The van der Waals surface area contributed by atoms with Crippen LogP contribution < -0.4 is 0 Å². The van der Waals surface area contributed by atoms with E-state index in [4.69, 9.17) is 0 Å². The Labute approximate surface area is 224 Å². The summed E-state index contributed by atoms with van der Waals surface area (Å²) in [5, 5.41) is 11.2. The molecule has 1 aliphatic rings. The van der Waals surface area contributed by atoms with Crippen molar-refractivity contribution in [1.29, 1.82) is 0 Å². The number of halogens is 2. The molecule has 0 saturated carbocycles. The first-order valence-electron chi connectivity index (χ1n) is 12.5. The van der Waals surface area contributed by atoms with E-state index < -0.39 is 6.10 Å². The number of rotatable bonds is 9. The summed E-state index contributed by atoms with van der Waals surface area (Å²) in [5.41, 5.74) is 3.34. The number of hydrogen-bond acceptors (Lipinski definition) is 7. The van der Waals surface area contributed by atoms with Crippen LogP contribution in [0, 0.1) is 11.6 Å². The van der Waals surface area contributed by atoms with Crippen molar-refractivity contribution >= 4 is 22.9 Å². The molecule has 0 spiro atoms. The Bertz CT molecular complexity index is 1330. The number of benzene rings is 2. The molecule has 10 heteroatoms. The van der Waals surface area contributed by atoms with Crippen LogP contribution in [-0.2, 0) is 6.54 Å². The summed E-state index contributed by atoms with van der Waals surface area (Å²) < 4.78 is 29.2. The number of imidazole rings is 1. The quantitative estimate of drug-likeness (QED) is 0.192. The first kappa shape index (κ1) is 26.4. The zero-order chi connectivity index (χ0) is 26.6. The van der Waals surface area contributed by atoms with Crippen molar-refractivity contribution in [2.24, 2.45) is 0 Å². The lowest BCUT2D eigenvalue weighted by molar-refractivity contribution is 0.0555. The number of allylic oxidation sites excluding steroid dienone is 1. The van der Waals surface area contributed by atoms with Gasteiger partial charge in [-0.2, -0.15) is 0 Å². The average Bonchev–Trinajstić information content (AvgIpc) is 3.34. The highest BCUT2D eigenvalue weighted by Crippen LogP contribution is 2.34. The van der Waals surface area contributed by atoms with E-state index in [1.165, 1.54) is 42.4 Å². The van der Waals surface area contributed by atoms with Gasteiger partial charge in [-0.1, -0.05) is 42.1 Å². The third-order valence-corrected chi connectivity index (χ3v) is 8.24. The van der Waals surface area contributed by atoms with Gasteiger partial charge in [0, 0.05) is 32.7 Å². The topological polar surface area (TPSA) is 70.3 Å². The van der Waals surface area contributed by atoms with Crippen molar-refractivity contribution < 1.29 is 13.9 Å². The van der Waals surface area contributed by atoms with E-state index in [-0.39, 0.29) is 23.1 Å². The van der Waals surface area contributed by atoms with E-state index in [1.807, 2.05) is 4.57 Å². The average molecular weight is 537 g/mol. The predicted octanol–water partition coefficient (Wildman–Crippen LogP) is 4.50. The van der Waals surface area contributed by atoms with Crippen LogP contribution in [0.15, 0.2) is 78.9 Å². The second kappa shape index (κ2) is 11.7. The van der Waals surface area contributed by atoms with Gasteiger partial charge in [0.2, 0.25) is 0 Å². The van der Waals surface area contributed by atoms with Gasteiger partial charge in [-0.25, -0.2) is 23.7 Å². The van der Waals surface area contributed by atoms with Crippen LogP contribution in [0.4, 0.5) is 8.78 Å². The molecule has 1 aliphatic heterocycles. The fourth-order valence-corrected chi connectivity index (χ4v) is 6.11. The number of hydrogen-bond donors (Lipinski definition) is 1. The SMILES string of the molecule is C=CCn1cnc2c(SC(C(C)O)N3CCN(C(c4ccc(F)cc4)c4ccc(F)cc4)CC3)ncnc21. The molecule has 7 nitrogen and oxygen atoms in total. The van der Waals surface area contributed by atoms with Crippen LogP contribution in [-0.4, -0.2) is 72.1 Å². The molecule has 38 heavy (non-hydrogen) atoms. The molecular weight excluding hydrogens is 506 g/mol. The van der Waals surface area contributed by atoms with Crippen LogP contribution in [0.1, 0.15) is 24.1 Å². The van der Waals surface area contributed by atoms with Gasteiger partial charge in [0.05, 0.1) is 23.8 Å². The van der Waals surface area contributed by atoms with Crippen molar-refractivity contribution in [3.63, 3.8) is 0 Å². The molecule has 0 radical (unpaired) electrons. The van der Waals surface area contributed by atoms with Crippen molar-refractivity contribution in [2.75, 3.05) is 26.2 Å². The highest BCUT2D eigenvalue weighted by atomic mass is 32.2. The lowest BCUT2D eigenvalue weighted by Crippen LogP contribution is -2.52. The van der Waals surface area contributed by atoms with Gasteiger partial charge in [-0.05, 0) is 42.3 Å². The van der Waals surface area contributed by atoms with E-state index in [0.717, 1.165) is 34.9 Å². The van der Waals surface area contributed by atoms with Crippen molar-refractivity contribution in [3.05, 3.63) is 96.6 Å². The molecule has 3 heterocycles. The first-order chi connectivity index (χ1) is 18.4. The van der Waals surface area contributed by atoms with Gasteiger partial charge in [-0.3, -0.25) is 9.80 Å². The van der Waals surface area contributed by atoms with E-state index in [0.29, 0.717) is 25.2 Å². The molecule has 2 atom stereocenters. The Morgan fingerprint density at radius 2 is 1.50 bits per heavy atom. The number of aromatic nitrogens is 4. The number of piperazine rings is 1. The number of nitrogens with zero attached hydrogens (tertiary/aromatic N) is 6. The fourth-order valence-electron chi connectivity index (χ4n) is 4.96. The molecule has 198 valence electrons. The number of aliphatic hydroxyl groups excluding tert-OH is 1. The normalized spacial score (nSPS) is 16.7. The zero-order valence-corrected chi connectivity index (χ0v) is 21.9. The molecule has 0 amide bonds. The molecule has 0 aliphatic carbocycles. The van der Waals surface area contributed by atoms with Gasteiger partial charge in [0.25, 0.3) is 0 Å². The highest BCUT2D eigenvalue weighted by molar-refractivity contribution is 8.00. The van der Waals surface area contributed by atoms with Crippen LogP contribution in [0.5, 0.6) is 0 Å². The van der Waals surface area contributed by atoms with E-state index in [1.54, 1.807) is 43.6 Å². The summed E-state index contributed by atoms with van der Waals surface area (Å²) in [6.45, 7) is 9.03. The maximum atomic E-state index is 13.7. The van der Waals surface area contributed by atoms with Gasteiger partial charge < -0.3 is 9.67 Å².